The van der Waals surface area contributed by atoms with Crippen molar-refractivity contribution in [2.75, 3.05) is 18.7 Å². The summed E-state index contributed by atoms with van der Waals surface area (Å²) in [6.07, 6.45) is 8.87. The SMILES string of the molecule is COc1cccc([C@@H]2c3cccn3-c3sc4c(c3CN2C(=O)Nc2cccc(SC)c2)CCCC4)c1. The third-order valence-electron chi connectivity index (χ3n) is 7.17. The molecule has 1 atom stereocenters. The predicted octanol–water partition coefficient (Wildman–Crippen LogP) is 7.29. The van der Waals surface area contributed by atoms with Crippen molar-refractivity contribution in [1.29, 1.82) is 0 Å². The first kappa shape index (κ1) is 23.3. The lowest BCUT2D eigenvalue weighted by molar-refractivity contribution is 0.194. The van der Waals surface area contributed by atoms with Crippen molar-refractivity contribution in [3.63, 3.8) is 0 Å². The fourth-order valence-corrected chi connectivity index (χ4v) is 7.31. The second-order valence-electron chi connectivity index (χ2n) is 9.27. The topological polar surface area (TPSA) is 46.5 Å². The number of hydrogen-bond acceptors (Lipinski definition) is 4. The van der Waals surface area contributed by atoms with E-state index >= 15 is 0 Å². The summed E-state index contributed by atoms with van der Waals surface area (Å²) in [4.78, 5) is 18.7. The van der Waals surface area contributed by atoms with Crippen LogP contribution in [0.15, 0.2) is 71.8 Å². The van der Waals surface area contributed by atoms with Gasteiger partial charge in [-0.1, -0.05) is 18.2 Å². The highest BCUT2D eigenvalue weighted by Gasteiger charge is 2.36. The molecule has 0 saturated heterocycles. The molecule has 6 rings (SSSR count). The number of benzene rings is 2. The third-order valence-corrected chi connectivity index (χ3v) is 9.23. The molecule has 36 heavy (non-hydrogen) atoms. The lowest BCUT2D eigenvalue weighted by Gasteiger charge is -2.31. The number of urea groups is 1. The molecule has 1 N–H and O–H groups in total. The van der Waals surface area contributed by atoms with Crippen LogP contribution in [-0.2, 0) is 19.4 Å². The number of ether oxygens (including phenoxy) is 1. The average molecular weight is 516 g/mol. The average Bonchev–Trinajstić information content (AvgIpc) is 3.50. The van der Waals surface area contributed by atoms with Gasteiger partial charge in [-0.15, -0.1) is 23.1 Å². The summed E-state index contributed by atoms with van der Waals surface area (Å²) in [6, 6.07) is 20.0. The molecule has 0 unspecified atom stereocenters. The highest BCUT2D eigenvalue weighted by Crippen LogP contribution is 2.44. The number of carbonyl (C=O) groups excluding carboxylic acids is 1. The first-order valence-corrected chi connectivity index (χ1v) is 14.4. The van der Waals surface area contributed by atoms with Gasteiger partial charge in [-0.2, -0.15) is 0 Å². The van der Waals surface area contributed by atoms with Gasteiger partial charge < -0.3 is 19.5 Å². The van der Waals surface area contributed by atoms with Crippen molar-refractivity contribution in [2.45, 2.75) is 43.2 Å². The van der Waals surface area contributed by atoms with Crippen LogP contribution in [0.3, 0.4) is 0 Å². The van der Waals surface area contributed by atoms with Crippen LogP contribution in [-0.4, -0.2) is 28.9 Å². The van der Waals surface area contributed by atoms with Crippen molar-refractivity contribution in [1.82, 2.24) is 9.47 Å². The van der Waals surface area contributed by atoms with Gasteiger partial charge in [0.05, 0.1) is 25.4 Å². The van der Waals surface area contributed by atoms with Crippen molar-refractivity contribution >= 4 is 34.8 Å². The zero-order valence-electron chi connectivity index (χ0n) is 20.5. The zero-order valence-corrected chi connectivity index (χ0v) is 22.1. The molecule has 1 aliphatic carbocycles. The summed E-state index contributed by atoms with van der Waals surface area (Å²) in [7, 11) is 1.68. The second kappa shape index (κ2) is 9.71. The summed E-state index contributed by atoms with van der Waals surface area (Å²) >= 11 is 3.57. The number of fused-ring (bicyclic) bond motifs is 5. The first-order chi connectivity index (χ1) is 17.7. The molecular weight excluding hydrogens is 486 g/mol. The van der Waals surface area contributed by atoms with Gasteiger partial charge in [-0.3, -0.25) is 0 Å². The number of amides is 2. The minimum Gasteiger partial charge on any atom is -0.497 e. The van der Waals surface area contributed by atoms with Crippen LogP contribution < -0.4 is 10.1 Å². The molecule has 2 aromatic heterocycles. The van der Waals surface area contributed by atoms with E-state index in [1.165, 1.54) is 33.8 Å². The molecule has 7 heteroatoms. The number of nitrogens with zero attached hydrogens (tertiary/aromatic N) is 2. The van der Waals surface area contributed by atoms with Crippen LogP contribution in [0.4, 0.5) is 10.5 Å². The number of hydrogen-bond donors (Lipinski definition) is 1. The highest BCUT2D eigenvalue weighted by atomic mass is 32.2. The van der Waals surface area contributed by atoms with Gasteiger partial charge in [-0.25, -0.2) is 4.79 Å². The Labute approximate surface area is 220 Å². The maximum Gasteiger partial charge on any atom is 0.322 e. The van der Waals surface area contributed by atoms with Gasteiger partial charge in [-0.05, 0) is 85.5 Å². The number of anilines is 1. The molecule has 1 aliphatic heterocycles. The first-order valence-electron chi connectivity index (χ1n) is 12.3. The molecule has 0 bridgehead atoms. The maximum absolute atomic E-state index is 14.1. The number of aromatic nitrogens is 1. The molecule has 4 aromatic rings. The van der Waals surface area contributed by atoms with E-state index < -0.39 is 0 Å². The summed E-state index contributed by atoms with van der Waals surface area (Å²) in [6.45, 7) is 0.568. The predicted molar refractivity (Wildman–Crippen MR) is 148 cm³/mol. The van der Waals surface area contributed by atoms with E-state index in [2.05, 4.69) is 40.3 Å². The Morgan fingerprint density at radius 3 is 2.78 bits per heavy atom. The van der Waals surface area contributed by atoms with Gasteiger partial charge in [0.1, 0.15) is 10.8 Å². The Bertz CT molecular complexity index is 1420. The van der Waals surface area contributed by atoms with Crippen LogP contribution in [0.25, 0.3) is 5.00 Å². The molecule has 3 heterocycles. The molecular formula is C29H29N3O2S2. The lowest BCUT2D eigenvalue weighted by Crippen LogP contribution is -2.38. The van der Waals surface area contributed by atoms with Crippen molar-refractivity contribution in [2.24, 2.45) is 0 Å². The molecule has 2 aliphatic rings. The van der Waals surface area contributed by atoms with Crippen LogP contribution >= 0.6 is 23.1 Å². The zero-order chi connectivity index (χ0) is 24.6. The van der Waals surface area contributed by atoms with Crippen LogP contribution in [0, 0.1) is 0 Å². The van der Waals surface area contributed by atoms with Gasteiger partial charge in [0, 0.05) is 27.2 Å². The number of nitrogens with one attached hydrogen (secondary N) is 1. The third kappa shape index (κ3) is 4.10. The molecule has 2 amide bonds. The van der Waals surface area contributed by atoms with Gasteiger partial charge >= 0.3 is 6.03 Å². The number of thiophene rings is 1. The smallest absolute Gasteiger partial charge is 0.322 e. The monoisotopic (exact) mass is 515 g/mol. The summed E-state index contributed by atoms with van der Waals surface area (Å²) in [5.74, 6) is 0.787. The van der Waals surface area contributed by atoms with E-state index in [0.717, 1.165) is 40.4 Å². The maximum atomic E-state index is 14.1. The van der Waals surface area contributed by atoms with Crippen molar-refractivity contribution < 1.29 is 9.53 Å². The molecule has 0 radical (unpaired) electrons. The van der Waals surface area contributed by atoms with E-state index in [4.69, 9.17) is 4.74 Å². The Morgan fingerprint density at radius 1 is 1.06 bits per heavy atom. The molecule has 184 valence electrons. The van der Waals surface area contributed by atoms with Gasteiger partial charge in [0.15, 0.2) is 0 Å². The number of aryl methyl sites for hydroxylation is 1. The van der Waals surface area contributed by atoms with E-state index in [0.29, 0.717) is 6.54 Å². The fraction of sp³-hybridized carbons (Fsp3) is 0.276. The second-order valence-corrected chi connectivity index (χ2v) is 11.2. The molecule has 0 fully saturated rings. The van der Waals surface area contributed by atoms with Crippen LogP contribution in [0.1, 0.15) is 46.1 Å². The van der Waals surface area contributed by atoms with Gasteiger partial charge in [0.25, 0.3) is 0 Å². The normalized spacial score (nSPS) is 16.5. The Kier molecular flexibility index (Phi) is 6.27. The van der Waals surface area contributed by atoms with E-state index in [1.807, 2.05) is 58.9 Å². The van der Waals surface area contributed by atoms with E-state index in [9.17, 15) is 4.79 Å². The van der Waals surface area contributed by atoms with Crippen molar-refractivity contribution in [3.8, 4) is 10.8 Å². The highest BCUT2D eigenvalue weighted by molar-refractivity contribution is 7.98. The summed E-state index contributed by atoms with van der Waals surface area (Å²) in [5.41, 5.74) is 5.68. The number of rotatable bonds is 4. The van der Waals surface area contributed by atoms with Crippen LogP contribution in [0.2, 0.25) is 0 Å². The summed E-state index contributed by atoms with van der Waals surface area (Å²) in [5, 5.41) is 4.46. The molecule has 0 saturated carbocycles. The summed E-state index contributed by atoms with van der Waals surface area (Å²) < 4.78 is 7.87. The minimum absolute atomic E-state index is 0.0996. The van der Waals surface area contributed by atoms with Crippen molar-refractivity contribution in [3.05, 3.63) is 94.1 Å². The number of methoxy groups -OCH3 is 1. The fourth-order valence-electron chi connectivity index (χ4n) is 5.45. The minimum atomic E-state index is -0.252. The Hall–Kier alpha value is -3.16. The molecule has 2 aromatic carbocycles. The van der Waals surface area contributed by atoms with E-state index in [1.54, 1.807) is 18.9 Å². The standard InChI is InChI=1S/C29H29N3O2S2/c1-34-21-10-5-8-19(16-21)27-25-13-7-15-31(25)28-24(23-12-3-4-14-26(23)36-28)18-32(27)29(33)30-20-9-6-11-22(17-20)35-2/h5-11,13,15-17,27H,3-4,12,14,18H2,1-2H3,(H,30,33)/t27-/m1/s1. The number of thioether (sulfide) groups is 1. The Morgan fingerprint density at radius 2 is 1.92 bits per heavy atom. The largest absolute Gasteiger partial charge is 0.497 e. The van der Waals surface area contributed by atoms with Crippen LogP contribution in [0.5, 0.6) is 5.75 Å². The quantitative estimate of drug-likeness (QED) is 0.290. The number of carbonyl (C=O) groups is 1. The molecule has 5 nitrogen and oxygen atoms in total. The van der Waals surface area contributed by atoms with E-state index in [-0.39, 0.29) is 12.1 Å². The molecule has 0 spiro atoms. The Balaban J connectivity index is 1.49. The van der Waals surface area contributed by atoms with Gasteiger partial charge in [0.2, 0.25) is 0 Å². The lowest BCUT2D eigenvalue weighted by atomic mass is 9.95.